The highest BCUT2D eigenvalue weighted by atomic mass is 79.9. The average Bonchev–Trinajstić information content (AvgIpc) is 2.38. The van der Waals surface area contributed by atoms with Crippen molar-refractivity contribution in [1.29, 1.82) is 0 Å². The summed E-state index contributed by atoms with van der Waals surface area (Å²) in [7, 11) is 1.54. The third-order valence-corrected chi connectivity index (χ3v) is 3.40. The molecule has 2 aromatic rings. The maximum atomic E-state index is 13.8. The van der Waals surface area contributed by atoms with Crippen LogP contribution in [-0.2, 0) is 0 Å². The number of benzene rings is 2. The maximum absolute atomic E-state index is 13.8. The summed E-state index contributed by atoms with van der Waals surface area (Å²) in [6.07, 6.45) is 0. The fraction of sp³-hybridized carbons (Fsp3) is 0.133. The molecule has 0 atom stereocenters. The van der Waals surface area contributed by atoms with E-state index in [0.717, 1.165) is 5.56 Å². The summed E-state index contributed by atoms with van der Waals surface area (Å²) in [5.74, 6) is -0.223. The van der Waals surface area contributed by atoms with Crippen molar-refractivity contribution in [3.8, 4) is 5.75 Å². The molecule has 0 spiro atoms. The van der Waals surface area contributed by atoms with E-state index in [1.807, 2.05) is 0 Å². The number of hydrogen-bond donors (Lipinski definition) is 0. The lowest BCUT2D eigenvalue weighted by atomic mass is 10.0. The van der Waals surface area contributed by atoms with Crippen molar-refractivity contribution in [3.63, 3.8) is 0 Å². The van der Waals surface area contributed by atoms with Crippen LogP contribution in [0, 0.1) is 12.7 Å². The first-order valence-corrected chi connectivity index (χ1v) is 6.46. The van der Waals surface area contributed by atoms with Crippen molar-refractivity contribution in [2.75, 3.05) is 7.11 Å². The van der Waals surface area contributed by atoms with Crippen molar-refractivity contribution < 1.29 is 13.9 Å². The van der Waals surface area contributed by atoms with Gasteiger partial charge in [0.2, 0.25) is 0 Å². The van der Waals surface area contributed by atoms with Crippen LogP contribution in [0.4, 0.5) is 4.39 Å². The van der Waals surface area contributed by atoms with E-state index in [1.54, 1.807) is 38.3 Å². The van der Waals surface area contributed by atoms with Gasteiger partial charge in [-0.2, -0.15) is 0 Å². The summed E-state index contributed by atoms with van der Waals surface area (Å²) in [6.45, 7) is 1.78. The minimum Gasteiger partial charge on any atom is -0.496 e. The van der Waals surface area contributed by atoms with Crippen LogP contribution in [0.25, 0.3) is 0 Å². The molecule has 0 bridgehead atoms. The van der Waals surface area contributed by atoms with E-state index in [-0.39, 0.29) is 11.3 Å². The van der Waals surface area contributed by atoms with Crippen molar-refractivity contribution in [1.82, 2.24) is 0 Å². The van der Waals surface area contributed by atoms with E-state index in [4.69, 9.17) is 4.74 Å². The first-order chi connectivity index (χ1) is 9.02. The molecule has 0 radical (unpaired) electrons. The fourth-order valence-electron chi connectivity index (χ4n) is 1.77. The Morgan fingerprint density at radius 2 is 1.95 bits per heavy atom. The van der Waals surface area contributed by atoms with Gasteiger partial charge in [0, 0.05) is 5.56 Å². The van der Waals surface area contributed by atoms with E-state index in [2.05, 4.69) is 15.9 Å². The van der Waals surface area contributed by atoms with Crippen LogP contribution in [0.15, 0.2) is 40.9 Å². The molecule has 0 amide bonds. The Hall–Kier alpha value is -1.68. The second-order valence-electron chi connectivity index (χ2n) is 4.16. The van der Waals surface area contributed by atoms with Gasteiger partial charge in [0.15, 0.2) is 5.78 Å². The molecule has 0 aliphatic rings. The normalized spacial score (nSPS) is 10.3. The van der Waals surface area contributed by atoms with Gasteiger partial charge >= 0.3 is 0 Å². The van der Waals surface area contributed by atoms with Gasteiger partial charge in [0.05, 0.1) is 17.1 Å². The fourth-order valence-corrected chi connectivity index (χ4v) is 2.31. The average molecular weight is 323 g/mol. The van der Waals surface area contributed by atoms with Crippen LogP contribution in [0.2, 0.25) is 0 Å². The van der Waals surface area contributed by atoms with Gasteiger partial charge in [-0.05, 0) is 58.7 Å². The predicted octanol–water partition coefficient (Wildman–Crippen LogP) is 4.14. The number of halogens is 2. The minimum atomic E-state index is -0.503. The number of carbonyl (C=O) groups is 1. The van der Waals surface area contributed by atoms with Gasteiger partial charge in [-0.1, -0.05) is 6.07 Å². The molecule has 0 unspecified atom stereocenters. The molecule has 0 heterocycles. The molecule has 0 saturated carbocycles. The third-order valence-electron chi connectivity index (χ3n) is 2.78. The van der Waals surface area contributed by atoms with Crippen molar-refractivity contribution >= 4 is 21.7 Å². The lowest BCUT2D eigenvalue weighted by molar-refractivity contribution is 0.103. The zero-order chi connectivity index (χ0) is 14.0. The number of rotatable bonds is 3. The number of methoxy groups -OCH3 is 1. The molecule has 2 nitrogen and oxygen atoms in total. The summed E-state index contributed by atoms with van der Waals surface area (Å²) in [5, 5.41) is 0. The Morgan fingerprint density at radius 1 is 1.21 bits per heavy atom. The van der Waals surface area contributed by atoms with Gasteiger partial charge in [-0.15, -0.1) is 0 Å². The molecule has 0 aliphatic heterocycles. The van der Waals surface area contributed by atoms with Crippen LogP contribution in [0.3, 0.4) is 0 Å². The Kier molecular flexibility index (Phi) is 4.00. The topological polar surface area (TPSA) is 26.3 Å². The highest BCUT2D eigenvalue weighted by Gasteiger charge is 2.15. The standard InChI is InChI=1S/C15H12BrFO2/c1-9-3-5-11(13(17)7-9)15(18)10-4-6-14(19-2)12(16)8-10/h3-8H,1-2H3. The number of ether oxygens (including phenoxy) is 1. The molecule has 4 heteroatoms. The highest BCUT2D eigenvalue weighted by Crippen LogP contribution is 2.27. The van der Waals surface area contributed by atoms with E-state index < -0.39 is 5.82 Å². The van der Waals surface area contributed by atoms with Crippen LogP contribution in [0.1, 0.15) is 21.5 Å². The first-order valence-electron chi connectivity index (χ1n) is 5.67. The smallest absolute Gasteiger partial charge is 0.196 e. The molecule has 0 aliphatic carbocycles. The molecular formula is C15H12BrFO2. The summed E-state index contributed by atoms with van der Waals surface area (Å²) >= 11 is 3.31. The van der Waals surface area contributed by atoms with E-state index in [0.29, 0.717) is 15.8 Å². The Labute approximate surface area is 119 Å². The summed E-state index contributed by atoms with van der Waals surface area (Å²) in [4.78, 5) is 12.2. The van der Waals surface area contributed by atoms with Gasteiger partial charge in [0.1, 0.15) is 11.6 Å². The van der Waals surface area contributed by atoms with Gasteiger partial charge in [-0.3, -0.25) is 4.79 Å². The van der Waals surface area contributed by atoms with Gasteiger partial charge < -0.3 is 4.74 Å². The SMILES string of the molecule is COc1ccc(C(=O)c2ccc(C)cc2F)cc1Br. The second-order valence-corrected chi connectivity index (χ2v) is 5.02. The Morgan fingerprint density at radius 3 is 2.53 bits per heavy atom. The molecule has 0 fully saturated rings. The van der Waals surface area contributed by atoms with Crippen LogP contribution in [-0.4, -0.2) is 12.9 Å². The van der Waals surface area contributed by atoms with E-state index in [9.17, 15) is 9.18 Å². The second kappa shape index (κ2) is 5.53. The molecule has 98 valence electrons. The van der Waals surface area contributed by atoms with Crippen LogP contribution >= 0.6 is 15.9 Å². The van der Waals surface area contributed by atoms with Gasteiger partial charge in [0.25, 0.3) is 0 Å². The van der Waals surface area contributed by atoms with Crippen molar-refractivity contribution in [2.45, 2.75) is 6.92 Å². The number of aryl methyl sites for hydroxylation is 1. The lowest BCUT2D eigenvalue weighted by Gasteiger charge is -2.07. The zero-order valence-electron chi connectivity index (χ0n) is 10.5. The highest BCUT2D eigenvalue weighted by molar-refractivity contribution is 9.10. The van der Waals surface area contributed by atoms with Gasteiger partial charge in [-0.25, -0.2) is 4.39 Å². The number of carbonyl (C=O) groups excluding carboxylic acids is 1. The summed E-state index contributed by atoms with van der Waals surface area (Å²) in [5.41, 5.74) is 1.27. The molecule has 2 rings (SSSR count). The summed E-state index contributed by atoms with van der Waals surface area (Å²) < 4.78 is 19.5. The quantitative estimate of drug-likeness (QED) is 0.794. The van der Waals surface area contributed by atoms with Crippen LogP contribution < -0.4 is 4.74 Å². The Balaban J connectivity index is 2.41. The Bertz CT molecular complexity index is 638. The molecule has 19 heavy (non-hydrogen) atoms. The maximum Gasteiger partial charge on any atom is 0.196 e. The third kappa shape index (κ3) is 2.84. The zero-order valence-corrected chi connectivity index (χ0v) is 12.1. The van der Waals surface area contributed by atoms with Crippen LogP contribution in [0.5, 0.6) is 5.75 Å². The monoisotopic (exact) mass is 322 g/mol. The minimum absolute atomic E-state index is 0.0719. The molecule has 0 aromatic heterocycles. The molecular weight excluding hydrogens is 311 g/mol. The van der Waals surface area contributed by atoms with E-state index >= 15 is 0 Å². The number of hydrogen-bond acceptors (Lipinski definition) is 2. The number of ketones is 1. The lowest BCUT2D eigenvalue weighted by Crippen LogP contribution is -2.04. The van der Waals surface area contributed by atoms with E-state index in [1.165, 1.54) is 12.1 Å². The molecule has 2 aromatic carbocycles. The molecule has 0 N–H and O–H groups in total. The summed E-state index contributed by atoms with van der Waals surface area (Å²) in [6, 6.07) is 9.49. The van der Waals surface area contributed by atoms with Crippen molar-refractivity contribution in [2.24, 2.45) is 0 Å². The largest absolute Gasteiger partial charge is 0.496 e. The molecule has 0 saturated heterocycles. The first kappa shape index (κ1) is 13.7. The van der Waals surface area contributed by atoms with Crippen molar-refractivity contribution in [3.05, 3.63) is 63.4 Å². The predicted molar refractivity (Wildman–Crippen MR) is 75.3 cm³/mol.